The highest BCUT2D eigenvalue weighted by molar-refractivity contribution is 7.20. The maximum atomic E-state index is 14.2. The van der Waals surface area contributed by atoms with Crippen LogP contribution in [0.15, 0.2) is 133 Å². The molecule has 0 spiro atoms. The zero-order chi connectivity index (χ0) is 57.8. The molecule has 412 valence electrons. The summed E-state index contributed by atoms with van der Waals surface area (Å²) in [6.07, 6.45) is -54.8. The fourth-order valence-electron chi connectivity index (χ4n) is 8.44. The van der Waals surface area contributed by atoms with Crippen molar-refractivity contribution in [1.82, 2.24) is 0 Å². The molecule has 0 saturated heterocycles. The van der Waals surface area contributed by atoms with Gasteiger partial charge in [0.05, 0.1) is 44.5 Å². The van der Waals surface area contributed by atoms with E-state index in [0.717, 1.165) is 0 Å². The SMILES string of the molecule is CC(C)([I+]C(C)(C)c1ccccc1)c1ccccc1.FC(F)(F)c1cc([B-](c2cc(C(F)(F)F)cc(C(F)(F)F)c2)(c2cc(C(F)(F)F)cc(C(F)(F)F)c2)c2cc(C(F)(F)F)cc(C(F)(F)F)c2)cc(C(F)(F)F)c1. The molecule has 0 bridgehead atoms. The maximum absolute atomic E-state index is 14.2. The summed E-state index contributed by atoms with van der Waals surface area (Å²) in [5.41, 5.74) is -27.3. The van der Waals surface area contributed by atoms with E-state index < -0.39 is 195 Å². The van der Waals surface area contributed by atoms with Crippen LogP contribution in [0.25, 0.3) is 0 Å². The molecule has 0 nitrogen and oxygen atoms in total. The van der Waals surface area contributed by atoms with Gasteiger partial charge in [0, 0.05) is 11.1 Å². The molecule has 6 aromatic carbocycles. The van der Waals surface area contributed by atoms with Crippen molar-refractivity contribution >= 4 is 28.0 Å². The number of hydrogen-bond donors (Lipinski definition) is 0. The lowest BCUT2D eigenvalue weighted by atomic mass is 9.12. The van der Waals surface area contributed by atoms with Crippen LogP contribution in [0, 0.1) is 0 Å². The first-order valence-corrected chi connectivity index (χ1v) is 23.5. The van der Waals surface area contributed by atoms with Crippen molar-refractivity contribution in [2.45, 2.75) is 83.9 Å². The van der Waals surface area contributed by atoms with E-state index in [9.17, 15) is 105 Å². The van der Waals surface area contributed by atoms with Crippen LogP contribution in [0.3, 0.4) is 0 Å². The van der Waals surface area contributed by atoms with Gasteiger partial charge in [0.2, 0.25) is 0 Å². The molecule has 0 aliphatic rings. The third-order valence-corrected chi connectivity index (χ3v) is 15.8. The normalized spacial score (nSPS) is 13.8. The van der Waals surface area contributed by atoms with Crippen LogP contribution < -0.4 is 43.1 Å². The van der Waals surface area contributed by atoms with Gasteiger partial charge in [-0.3, -0.25) is 0 Å². The third kappa shape index (κ3) is 14.1. The highest BCUT2D eigenvalue weighted by Gasteiger charge is 2.49. The Balaban J connectivity index is 0.000000468. The molecule has 6 rings (SSSR count). The highest BCUT2D eigenvalue weighted by atomic mass is 127. The number of benzene rings is 6. The van der Waals surface area contributed by atoms with Crippen molar-refractivity contribution in [3.63, 3.8) is 0 Å². The Morgan fingerprint density at radius 1 is 0.237 bits per heavy atom. The second-order valence-electron chi connectivity index (χ2n) is 18.0. The molecule has 0 aliphatic heterocycles. The van der Waals surface area contributed by atoms with Crippen LogP contribution in [-0.2, 0) is 56.3 Å². The minimum Gasteiger partial charge on any atom is -0.194 e. The highest BCUT2D eigenvalue weighted by Crippen LogP contribution is 2.41. The Morgan fingerprint density at radius 2 is 0.395 bits per heavy atom. The average molecular weight is 1230 g/mol. The second kappa shape index (κ2) is 20.7. The van der Waals surface area contributed by atoms with Gasteiger partial charge in [-0.1, -0.05) is 109 Å². The lowest BCUT2D eigenvalue weighted by molar-refractivity contribution is -0.795. The van der Waals surface area contributed by atoms with Crippen molar-refractivity contribution in [2.24, 2.45) is 0 Å². The molecule has 0 fully saturated rings. The molecule has 0 saturated carbocycles. The van der Waals surface area contributed by atoms with Gasteiger partial charge in [0.1, 0.15) is 6.15 Å². The Bertz CT molecular complexity index is 2500. The van der Waals surface area contributed by atoms with Gasteiger partial charge in [-0.2, -0.15) is 127 Å². The molecule has 26 heteroatoms. The van der Waals surface area contributed by atoms with E-state index >= 15 is 0 Å². The number of hydrogen-bond acceptors (Lipinski definition) is 0. The van der Waals surface area contributed by atoms with Gasteiger partial charge in [0.25, 0.3) is 21.2 Å². The summed E-state index contributed by atoms with van der Waals surface area (Å²) in [4.78, 5) is 0. The molecular formula is C50H34BF24I. The van der Waals surface area contributed by atoms with E-state index in [0.29, 0.717) is 6.84 Å². The van der Waals surface area contributed by atoms with Crippen molar-refractivity contribution in [2.75, 3.05) is 0 Å². The molecule has 6 aromatic rings. The molecule has 0 atom stereocenters. The lowest BCUT2D eigenvalue weighted by Gasteiger charge is -2.46. The molecule has 0 aliphatic carbocycles. The van der Waals surface area contributed by atoms with Gasteiger partial charge >= 0.3 is 49.4 Å². The van der Waals surface area contributed by atoms with E-state index in [2.05, 4.69) is 88.4 Å². The first kappa shape index (κ1) is 61.3. The fraction of sp³-hybridized carbons (Fsp3) is 0.280. The van der Waals surface area contributed by atoms with Crippen LogP contribution in [0.2, 0.25) is 0 Å². The minimum absolute atomic E-state index is 0.0252. The van der Waals surface area contributed by atoms with E-state index in [-0.39, 0.29) is 21.2 Å². The topological polar surface area (TPSA) is 0 Å². The second-order valence-corrected chi connectivity index (χ2v) is 23.9. The van der Waals surface area contributed by atoms with E-state index in [1.54, 1.807) is 0 Å². The summed E-state index contributed by atoms with van der Waals surface area (Å²) in [5, 5.41) is 0. The summed E-state index contributed by atoms with van der Waals surface area (Å²) >= 11 is -0.0252. The quantitative estimate of drug-likeness (QED) is 0.0617. The van der Waals surface area contributed by atoms with Crippen molar-refractivity contribution in [3.8, 4) is 0 Å². The summed E-state index contributed by atoms with van der Waals surface area (Å²) in [6, 6.07) is 13.0. The number of rotatable bonds is 8. The fourth-order valence-corrected chi connectivity index (χ4v) is 13.2. The van der Waals surface area contributed by atoms with Crippen LogP contribution >= 0.6 is 0 Å². The molecule has 76 heavy (non-hydrogen) atoms. The van der Waals surface area contributed by atoms with Gasteiger partial charge in [-0.25, -0.2) is 0 Å². The standard InChI is InChI=1S/C32H12BF24.C18H22I/c34-25(35,36)13-1-14(26(37,38)39)6-21(5-13)33(22-7-15(27(40,41)42)2-16(8-22)28(43,44)45,23-9-17(29(46,47)48)3-18(10-23)30(49,50)51)24-11-19(31(52,53)54)4-20(12-24)32(55,56)57;1-17(2,15-11-7-5-8-12-15)19-18(3,4)16-13-9-6-10-14-16/h1-12H;5-14H,1-4H3/q-1;+1. The smallest absolute Gasteiger partial charge is 0.194 e. The van der Waals surface area contributed by atoms with Crippen LogP contribution in [-0.4, -0.2) is 6.15 Å². The summed E-state index contributed by atoms with van der Waals surface area (Å²) in [5.74, 6) is 0. The van der Waals surface area contributed by atoms with Gasteiger partial charge in [0.15, 0.2) is 6.84 Å². The molecule has 0 aromatic heterocycles. The predicted molar refractivity (Wildman–Crippen MR) is 229 cm³/mol. The summed E-state index contributed by atoms with van der Waals surface area (Å²) in [6.45, 7) is 9.56. The van der Waals surface area contributed by atoms with Gasteiger partial charge < -0.3 is 0 Å². The maximum Gasteiger partial charge on any atom is 0.416 e. The zero-order valence-corrected chi connectivity index (χ0v) is 40.9. The van der Waals surface area contributed by atoms with Crippen LogP contribution in [0.5, 0.6) is 0 Å². The molecular weight excluding hydrogens is 1190 g/mol. The molecule has 0 unspecified atom stereocenters. The largest absolute Gasteiger partial charge is 0.416 e. The Morgan fingerprint density at radius 3 is 0.539 bits per heavy atom. The molecule has 0 radical (unpaired) electrons. The minimum atomic E-state index is -6.13. The summed E-state index contributed by atoms with van der Waals surface area (Å²) in [7, 11) is 0. The Labute approximate surface area is 426 Å². The first-order valence-electron chi connectivity index (χ1n) is 21.3. The lowest BCUT2D eigenvalue weighted by Crippen LogP contribution is -3.71. The van der Waals surface area contributed by atoms with E-state index in [4.69, 9.17) is 0 Å². The Hall–Kier alpha value is -5.57. The van der Waals surface area contributed by atoms with Crippen molar-refractivity contribution in [1.29, 1.82) is 0 Å². The molecule has 0 N–H and O–H groups in total. The van der Waals surface area contributed by atoms with Crippen molar-refractivity contribution in [3.05, 3.63) is 189 Å². The predicted octanol–water partition coefficient (Wildman–Crippen LogP) is 13.2. The van der Waals surface area contributed by atoms with Crippen molar-refractivity contribution < 1.29 is 127 Å². The average Bonchev–Trinajstić information content (AvgIpc) is 3.27. The van der Waals surface area contributed by atoms with Gasteiger partial charge in [-0.05, 0) is 52.0 Å². The summed E-state index contributed by atoms with van der Waals surface area (Å²) < 4.78 is 341. The van der Waals surface area contributed by atoms with Crippen LogP contribution in [0.4, 0.5) is 105 Å². The monoisotopic (exact) mass is 1230 g/mol. The van der Waals surface area contributed by atoms with Gasteiger partial charge in [-0.15, -0.1) is 0 Å². The number of alkyl halides is 26. The molecule has 0 heterocycles. The third-order valence-electron chi connectivity index (χ3n) is 11.8. The number of halogens is 25. The zero-order valence-electron chi connectivity index (χ0n) is 38.7. The Kier molecular flexibility index (Phi) is 16.7. The van der Waals surface area contributed by atoms with E-state index in [1.807, 2.05) is 0 Å². The first-order chi connectivity index (χ1) is 34.2. The molecule has 0 amide bonds. The van der Waals surface area contributed by atoms with E-state index in [1.165, 1.54) is 11.1 Å². The van der Waals surface area contributed by atoms with Crippen LogP contribution in [0.1, 0.15) is 83.3 Å².